The van der Waals surface area contributed by atoms with Crippen LogP contribution < -0.4 is 10.6 Å². The minimum absolute atomic E-state index is 0.355. The van der Waals surface area contributed by atoms with Crippen LogP contribution in [0.1, 0.15) is 6.92 Å². The SMILES string of the molecule is C=CCNCC[N+](C)(CCNCC=C)C(C)O.COS(=O)(=O)[O-]. The normalized spacial score (nSPS) is 12.9. The van der Waals surface area contributed by atoms with Crippen molar-refractivity contribution >= 4 is 10.4 Å². The Morgan fingerprint density at radius 1 is 1.22 bits per heavy atom. The van der Waals surface area contributed by atoms with Gasteiger partial charge in [-0.3, -0.25) is 8.67 Å². The van der Waals surface area contributed by atoms with Crippen molar-refractivity contribution in [1.29, 1.82) is 0 Å². The Bertz CT molecular complexity index is 397. The van der Waals surface area contributed by atoms with Crippen LogP contribution in [0.3, 0.4) is 0 Å². The van der Waals surface area contributed by atoms with Gasteiger partial charge in [0.1, 0.15) is 0 Å². The second kappa shape index (κ2) is 13.6. The van der Waals surface area contributed by atoms with Crippen molar-refractivity contribution in [3.8, 4) is 0 Å². The van der Waals surface area contributed by atoms with Crippen molar-refractivity contribution in [2.24, 2.45) is 0 Å². The van der Waals surface area contributed by atoms with Gasteiger partial charge in [0.25, 0.3) is 0 Å². The minimum atomic E-state index is -4.41. The van der Waals surface area contributed by atoms with E-state index in [4.69, 9.17) is 0 Å². The van der Waals surface area contributed by atoms with E-state index in [0.29, 0.717) is 4.48 Å². The van der Waals surface area contributed by atoms with Crippen LogP contribution in [-0.2, 0) is 14.6 Å². The molecule has 0 bridgehead atoms. The van der Waals surface area contributed by atoms with Gasteiger partial charge < -0.3 is 20.3 Å². The fraction of sp³-hybridized carbons (Fsp3) is 0.714. The number of hydrogen-bond acceptors (Lipinski definition) is 7. The zero-order valence-corrected chi connectivity index (χ0v) is 15.1. The van der Waals surface area contributed by atoms with E-state index in [1.54, 1.807) is 0 Å². The van der Waals surface area contributed by atoms with Crippen molar-refractivity contribution in [2.75, 3.05) is 53.4 Å². The minimum Gasteiger partial charge on any atom is -0.726 e. The van der Waals surface area contributed by atoms with Crippen LogP contribution in [0.5, 0.6) is 0 Å². The Kier molecular flexibility index (Phi) is 14.5. The van der Waals surface area contributed by atoms with Crippen molar-refractivity contribution < 1.29 is 26.7 Å². The molecule has 1 atom stereocenters. The summed E-state index contributed by atoms with van der Waals surface area (Å²) >= 11 is 0. The fourth-order valence-corrected chi connectivity index (χ4v) is 1.56. The molecule has 9 heteroatoms. The standard InChI is InChI=1S/C13H28N3O.CH4O4S/c1-5-7-14-9-11-16(4,13(3)17)12-10-15-8-6-2;1-5-6(2,3)4/h5-6,13-15,17H,1-2,7-12H2,3-4H3;1H3,(H,2,3,4)/q+1;/p-1. The Balaban J connectivity index is 0. The molecule has 138 valence electrons. The van der Waals surface area contributed by atoms with Crippen LogP contribution in [0, 0.1) is 0 Å². The molecule has 0 saturated heterocycles. The summed E-state index contributed by atoms with van der Waals surface area (Å²) in [6.07, 6.45) is 3.34. The Morgan fingerprint density at radius 3 is 1.78 bits per heavy atom. The van der Waals surface area contributed by atoms with Gasteiger partial charge in [0.2, 0.25) is 10.4 Å². The molecule has 23 heavy (non-hydrogen) atoms. The average molecular weight is 353 g/mol. The molecule has 0 radical (unpaired) electrons. The highest BCUT2D eigenvalue weighted by atomic mass is 32.3. The topological polar surface area (TPSA) is 111 Å². The second-order valence-electron chi connectivity index (χ2n) is 5.12. The summed E-state index contributed by atoms with van der Waals surface area (Å²) in [5.74, 6) is 0. The molecule has 0 fully saturated rings. The maximum Gasteiger partial charge on any atom is 0.217 e. The van der Waals surface area contributed by atoms with E-state index in [0.717, 1.165) is 46.4 Å². The molecule has 0 aliphatic rings. The maximum absolute atomic E-state index is 9.86. The van der Waals surface area contributed by atoms with Crippen molar-refractivity contribution in [3.63, 3.8) is 0 Å². The monoisotopic (exact) mass is 353 g/mol. The molecule has 0 spiro atoms. The Hall–Kier alpha value is -0.810. The smallest absolute Gasteiger partial charge is 0.217 e. The molecule has 0 rings (SSSR count). The van der Waals surface area contributed by atoms with Crippen molar-refractivity contribution in [2.45, 2.75) is 13.2 Å². The Labute approximate surface area is 140 Å². The molecule has 1 unspecified atom stereocenters. The third-order valence-electron chi connectivity index (χ3n) is 3.28. The van der Waals surface area contributed by atoms with Crippen molar-refractivity contribution in [1.82, 2.24) is 10.6 Å². The molecule has 0 aromatic rings. The van der Waals surface area contributed by atoms with Gasteiger partial charge in [-0.2, -0.15) is 0 Å². The van der Waals surface area contributed by atoms with Gasteiger partial charge in [0.05, 0.1) is 27.2 Å². The van der Waals surface area contributed by atoms with Gasteiger partial charge in [0.15, 0.2) is 6.23 Å². The number of nitrogens with one attached hydrogen (secondary N) is 2. The fourth-order valence-electron chi connectivity index (χ4n) is 1.56. The number of aliphatic hydroxyl groups excluding tert-OH is 1. The quantitative estimate of drug-likeness (QED) is 0.107. The molecular formula is C14H31N3O5S. The molecule has 0 aliphatic carbocycles. The van der Waals surface area contributed by atoms with E-state index in [1.165, 1.54) is 0 Å². The van der Waals surface area contributed by atoms with Gasteiger partial charge >= 0.3 is 0 Å². The first-order valence-corrected chi connectivity index (χ1v) is 8.63. The highest BCUT2D eigenvalue weighted by molar-refractivity contribution is 7.80. The number of rotatable bonds is 12. The maximum atomic E-state index is 9.86. The van der Waals surface area contributed by atoms with E-state index in [9.17, 15) is 18.1 Å². The predicted molar refractivity (Wildman–Crippen MR) is 90.4 cm³/mol. The van der Waals surface area contributed by atoms with Crippen LogP contribution in [0.4, 0.5) is 0 Å². The van der Waals surface area contributed by atoms with E-state index in [1.807, 2.05) is 19.1 Å². The zero-order valence-electron chi connectivity index (χ0n) is 14.3. The van der Waals surface area contributed by atoms with Crippen LogP contribution >= 0.6 is 0 Å². The first-order chi connectivity index (χ1) is 10.6. The van der Waals surface area contributed by atoms with E-state index >= 15 is 0 Å². The summed E-state index contributed by atoms with van der Waals surface area (Å²) in [4.78, 5) is 0. The summed E-state index contributed by atoms with van der Waals surface area (Å²) in [5.41, 5.74) is 0. The molecule has 0 aromatic heterocycles. The van der Waals surface area contributed by atoms with Crippen LogP contribution in [-0.4, -0.2) is 82.2 Å². The highest BCUT2D eigenvalue weighted by Crippen LogP contribution is 2.06. The molecule has 0 saturated carbocycles. The number of aliphatic hydroxyl groups is 1. The highest BCUT2D eigenvalue weighted by Gasteiger charge is 2.26. The van der Waals surface area contributed by atoms with E-state index < -0.39 is 10.4 Å². The zero-order chi connectivity index (χ0) is 18.4. The van der Waals surface area contributed by atoms with Gasteiger partial charge in [-0.25, -0.2) is 8.42 Å². The van der Waals surface area contributed by atoms with E-state index in [-0.39, 0.29) is 6.23 Å². The largest absolute Gasteiger partial charge is 0.726 e. The number of hydrogen-bond donors (Lipinski definition) is 3. The molecule has 0 aliphatic heterocycles. The van der Waals surface area contributed by atoms with E-state index in [2.05, 4.69) is 35.0 Å². The van der Waals surface area contributed by atoms with Gasteiger partial charge in [-0.05, 0) is 0 Å². The lowest BCUT2D eigenvalue weighted by Gasteiger charge is -2.37. The Morgan fingerprint density at radius 2 is 1.57 bits per heavy atom. The molecule has 3 N–H and O–H groups in total. The summed E-state index contributed by atoms with van der Waals surface area (Å²) < 4.78 is 31.7. The summed E-state index contributed by atoms with van der Waals surface area (Å²) in [6, 6.07) is 0. The van der Waals surface area contributed by atoms with Crippen LogP contribution in [0.25, 0.3) is 0 Å². The second-order valence-corrected chi connectivity index (χ2v) is 6.27. The molecule has 0 aromatic carbocycles. The van der Waals surface area contributed by atoms with Crippen molar-refractivity contribution in [3.05, 3.63) is 25.3 Å². The number of nitrogens with zero attached hydrogens (tertiary/aromatic N) is 1. The predicted octanol–water partition coefficient (Wildman–Crippen LogP) is -0.584. The van der Waals surface area contributed by atoms with Gasteiger partial charge in [-0.15, -0.1) is 13.2 Å². The number of likely N-dealkylation sites (N-methyl/N-ethyl adjacent to an activating group) is 1. The van der Waals surface area contributed by atoms with Gasteiger partial charge in [0, 0.05) is 33.1 Å². The first kappa shape index (κ1) is 24.4. The summed E-state index contributed by atoms with van der Waals surface area (Å²) in [7, 11) is -1.52. The van der Waals surface area contributed by atoms with Crippen LogP contribution in [0.2, 0.25) is 0 Å². The first-order valence-electron chi connectivity index (χ1n) is 7.30. The molecule has 0 heterocycles. The lowest BCUT2D eigenvalue weighted by molar-refractivity contribution is -0.950. The molecule has 0 amide bonds. The summed E-state index contributed by atoms with van der Waals surface area (Å²) in [6.45, 7) is 14.4. The molecular weight excluding hydrogens is 322 g/mol. The number of quaternary nitrogens is 1. The van der Waals surface area contributed by atoms with Gasteiger partial charge in [-0.1, -0.05) is 12.2 Å². The third kappa shape index (κ3) is 15.8. The third-order valence-corrected chi connectivity index (χ3v) is 3.69. The average Bonchev–Trinajstić information content (AvgIpc) is 2.48. The summed E-state index contributed by atoms with van der Waals surface area (Å²) in [5, 5.41) is 16.4. The lowest BCUT2D eigenvalue weighted by atomic mass is 10.3. The van der Waals surface area contributed by atoms with Crippen LogP contribution in [0.15, 0.2) is 25.3 Å². The lowest BCUT2D eigenvalue weighted by Crippen LogP contribution is -2.56. The molecule has 8 nitrogen and oxygen atoms in total.